The summed E-state index contributed by atoms with van der Waals surface area (Å²) in [4.78, 5) is 13.3. The van der Waals surface area contributed by atoms with Crippen LogP contribution in [0.1, 0.15) is 25.7 Å². The maximum absolute atomic E-state index is 11.0. The number of carbonyl (C=O) groups is 1. The fourth-order valence-electron chi connectivity index (χ4n) is 2.92. The monoisotopic (exact) mass is 361 g/mol. The zero-order valence-corrected chi connectivity index (χ0v) is 15.2. The third-order valence-corrected chi connectivity index (χ3v) is 5.09. The van der Waals surface area contributed by atoms with E-state index in [1.165, 1.54) is 18.2 Å². The number of benzene rings is 1. The molecule has 2 aromatic rings. The van der Waals surface area contributed by atoms with Crippen LogP contribution in [0.15, 0.2) is 29.4 Å². The molecule has 1 aliphatic heterocycles. The molecule has 1 aromatic carbocycles. The van der Waals surface area contributed by atoms with E-state index in [-0.39, 0.29) is 5.91 Å². The smallest absolute Gasteiger partial charge is 0.232 e. The molecule has 0 radical (unpaired) electrons. The number of nitrogens with zero attached hydrogens (tertiary/aromatic N) is 4. The molecular formula is C17H23N5O2S. The minimum absolute atomic E-state index is 0.308. The average molecular weight is 361 g/mol. The van der Waals surface area contributed by atoms with Gasteiger partial charge in [-0.2, -0.15) is 0 Å². The topological polar surface area (TPSA) is 86.3 Å². The SMILES string of the molecule is COc1ccccc1-n1c(SCCC(N)=O)nnc1N1CCCCC1. The Labute approximate surface area is 151 Å². The fourth-order valence-corrected chi connectivity index (χ4v) is 3.82. The van der Waals surface area contributed by atoms with Gasteiger partial charge in [-0.15, -0.1) is 10.2 Å². The highest BCUT2D eigenvalue weighted by molar-refractivity contribution is 7.99. The normalized spacial score (nSPS) is 14.5. The van der Waals surface area contributed by atoms with E-state index in [0.29, 0.717) is 12.2 Å². The second-order valence-corrected chi connectivity index (χ2v) is 6.96. The number of amides is 1. The standard InChI is InChI=1S/C17H23N5O2S/c1-24-14-8-4-3-7-13(14)22-16(21-10-5-2-6-11-21)19-20-17(22)25-12-9-15(18)23/h3-4,7-8H,2,5-6,9-12H2,1H3,(H2,18,23). The van der Waals surface area contributed by atoms with Crippen molar-refractivity contribution in [2.45, 2.75) is 30.8 Å². The van der Waals surface area contributed by atoms with Gasteiger partial charge in [-0.05, 0) is 31.4 Å². The molecule has 3 rings (SSSR count). The van der Waals surface area contributed by atoms with Crippen molar-refractivity contribution < 1.29 is 9.53 Å². The lowest BCUT2D eigenvalue weighted by molar-refractivity contribution is -0.117. The summed E-state index contributed by atoms with van der Waals surface area (Å²) in [5, 5.41) is 9.54. The maximum Gasteiger partial charge on any atom is 0.232 e. The quantitative estimate of drug-likeness (QED) is 0.761. The van der Waals surface area contributed by atoms with E-state index in [1.54, 1.807) is 7.11 Å². The molecule has 2 heterocycles. The van der Waals surface area contributed by atoms with Gasteiger partial charge in [0.2, 0.25) is 11.9 Å². The van der Waals surface area contributed by atoms with Crippen molar-refractivity contribution in [1.29, 1.82) is 0 Å². The van der Waals surface area contributed by atoms with Crippen LogP contribution in [0.25, 0.3) is 5.69 Å². The number of ether oxygens (including phenoxy) is 1. The summed E-state index contributed by atoms with van der Waals surface area (Å²) in [6.45, 7) is 1.94. The van der Waals surface area contributed by atoms with Gasteiger partial charge in [0, 0.05) is 25.3 Å². The van der Waals surface area contributed by atoms with E-state index in [2.05, 4.69) is 15.1 Å². The second-order valence-electron chi connectivity index (χ2n) is 5.90. The maximum atomic E-state index is 11.0. The minimum Gasteiger partial charge on any atom is -0.495 e. The second kappa shape index (κ2) is 8.24. The molecule has 134 valence electrons. The predicted octanol–water partition coefficient (Wildman–Crippen LogP) is 2.23. The Kier molecular flexibility index (Phi) is 5.80. The molecule has 0 aliphatic carbocycles. The molecule has 0 atom stereocenters. The summed E-state index contributed by atoms with van der Waals surface area (Å²) in [7, 11) is 1.66. The first-order valence-electron chi connectivity index (χ1n) is 8.45. The highest BCUT2D eigenvalue weighted by atomic mass is 32.2. The van der Waals surface area contributed by atoms with E-state index in [9.17, 15) is 4.79 Å². The Morgan fingerprint density at radius 3 is 2.72 bits per heavy atom. The summed E-state index contributed by atoms with van der Waals surface area (Å²) < 4.78 is 7.55. The summed E-state index contributed by atoms with van der Waals surface area (Å²) in [5.74, 6) is 1.85. The molecule has 1 fully saturated rings. The summed E-state index contributed by atoms with van der Waals surface area (Å²) >= 11 is 1.48. The number of para-hydroxylation sites is 2. The zero-order valence-electron chi connectivity index (χ0n) is 14.4. The van der Waals surface area contributed by atoms with Crippen molar-refractivity contribution in [3.63, 3.8) is 0 Å². The lowest BCUT2D eigenvalue weighted by Gasteiger charge is -2.28. The van der Waals surface area contributed by atoms with Gasteiger partial charge < -0.3 is 15.4 Å². The number of carbonyl (C=O) groups excluding carboxylic acids is 1. The number of thioether (sulfide) groups is 1. The molecule has 2 N–H and O–H groups in total. The number of primary amides is 1. The van der Waals surface area contributed by atoms with Crippen molar-refractivity contribution in [3.05, 3.63) is 24.3 Å². The van der Waals surface area contributed by atoms with Crippen molar-refractivity contribution in [1.82, 2.24) is 14.8 Å². The van der Waals surface area contributed by atoms with Crippen molar-refractivity contribution in [3.8, 4) is 11.4 Å². The molecule has 1 aromatic heterocycles. The van der Waals surface area contributed by atoms with Crippen LogP contribution in [0.4, 0.5) is 5.95 Å². The number of hydrogen-bond acceptors (Lipinski definition) is 6. The summed E-state index contributed by atoms with van der Waals surface area (Å²) in [6.07, 6.45) is 3.87. The molecule has 0 unspecified atom stereocenters. The number of nitrogens with two attached hydrogens (primary N) is 1. The predicted molar refractivity (Wildman–Crippen MR) is 98.5 cm³/mol. The number of rotatable bonds is 7. The lowest BCUT2D eigenvalue weighted by Crippen LogP contribution is -2.31. The van der Waals surface area contributed by atoms with Crippen LogP contribution in [0.2, 0.25) is 0 Å². The van der Waals surface area contributed by atoms with E-state index in [1.807, 2.05) is 28.8 Å². The molecule has 1 aliphatic rings. The number of anilines is 1. The Balaban J connectivity index is 1.98. The lowest BCUT2D eigenvalue weighted by atomic mass is 10.1. The third kappa shape index (κ3) is 4.07. The van der Waals surface area contributed by atoms with Gasteiger partial charge in [0.15, 0.2) is 5.16 Å². The van der Waals surface area contributed by atoms with Crippen LogP contribution in [0.5, 0.6) is 5.75 Å². The molecule has 8 heteroatoms. The Hall–Kier alpha value is -2.22. The highest BCUT2D eigenvalue weighted by Gasteiger charge is 2.23. The molecular weight excluding hydrogens is 338 g/mol. The Morgan fingerprint density at radius 1 is 1.24 bits per heavy atom. The highest BCUT2D eigenvalue weighted by Crippen LogP contribution is 2.32. The van der Waals surface area contributed by atoms with Gasteiger partial charge in [-0.3, -0.25) is 9.36 Å². The van der Waals surface area contributed by atoms with E-state index >= 15 is 0 Å². The largest absolute Gasteiger partial charge is 0.495 e. The Morgan fingerprint density at radius 2 is 2.00 bits per heavy atom. The zero-order chi connectivity index (χ0) is 17.6. The molecule has 25 heavy (non-hydrogen) atoms. The molecule has 0 bridgehead atoms. The first kappa shape index (κ1) is 17.6. The molecule has 7 nitrogen and oxygen atoms in total. The van der Waals surface area contributed by atoms with Gasteiger partial charge >= 0.3 is 0 Å². The van der Waals surface area contributed by atoms with Gasteiger partial charge in [0.05, 0.1) is 12.8 Å². The summed E-state index contributed by atoms with van der Waals surface area (Å²) in [6, 6.07) is 7.82. The van der Waals surface area contributed by atoms with Gasteiger partial charge in [-0.25, -0.2) is 0 Å². The average Bonchev–Trinajstić information content (AvgIpc) is 3.05. The van der Waals surface area contributed by atoms with Crippen molar-refractivity contribution in [2.75, 3.05) is 30.9 Å². The Bertz CT molecular complexity index is 728. The van der Waals surface area contributed by atoms with E-state index in [4.69, 9.17) is 10.5 Å². The van der Waals surface area contributed by atoms with Gasteiger partial charge in [0.25, 0.3) is 0 Å². The molecule has 1 saturated heterocycles. The molecule has 1 amide bonds. The van der Waals surface area contributed by atoms with Crippen LogP contribution < -0.4 is 15.4 Å². The van der Waals surface area contributed by atoms with Crippen LogP contribution in [-0.4, -0.2) is 46.6 Å². The molecule has 0 saturated carbocycles. The van der Waals surface area contributed by atoms with Crippen LogP contribution in [-0.2, 0) is 4.79 Å². The van der Waals surface area contributed by atoms with Gasteiger partial charge in [-0.1, -0.05) is 23.9 Å². The van der Waals surface area contributed by atoms with E-state index < -0.39 is 0 Å². The van der Waals surface area contributed by atoms with Crippen LogP contribution in [0, 0.1) is 0 Å². The van der Waals surface area contributed by atoms with Crippen molar-refractivity contribution >= 4 is 23.6 Å². The van der Waals surface area contributed by atoms with Gasteiger partial charge in [0.1, 0.15) is 5.75 Å². The third-order valence-electron chi connectivity index (χ3n) is 4.16. The number of piperidine rings is 1. The van der Waals surface area contributed by atoms with Crippen LogP contribution >= 0.6 is 11.8 Å². The fraction of sp³-hybridized carbons (Fsp3) is 0.471. The van der Waals surface area contributed by atoms with Crippen molar-refractivity contribution in [2.24, 2.45) is 5.73 Å². The number of hydrogen-bond donors (Lipinski definition) is 1. The number of aromatic nitrogens is 3. The first-order chi connectivity index (χ1) is 12.2. The summed E-state index contributed by atoms with van der Waals surface area (Å²) in [5.41, 5.74) is 6.15. The van der Waals surface area contributed by atoms with E-state index in [0.717, 1.165) is 48.5 Å². The first-order valence-corrected chi connectivity index (χ1v) is 9.44. The minimum atomic E-state index is -0.313. The number of methoxy groups -OCH3 is 1. The molecule has 0 spiro atoms. The van der Waals surface area contributed by atoms with Crippen LogP contribution in [0.3, 0.4) is 0 Å².